The molecule has 1 saturated heterocycles. The Balaban J connectivity index is 1.86. The van der Waals surface area contributed by atoms with Crippen molar-refractivity contribution in [1.82, 2.24) is 4.31 Å². The van der Waals surface area contributed by atoms with Gasteiger partial charge in [0.25, 0.3) is 0 Å². The number of nitrogens with two attached hydrogens (primary N) is 1. The summed E-state index contributed by atoms with van der Waals surface area (Å²) in [6.07, 6.45) is 1.97. The Morgan fingerprint density at radius 3 is 2.33 bits per heavy atom. The third-order valence-electron chi connectivity index (χ3n) is 4.64. The molecule has 0 bridgehead atoms. The molecule has 1 aliphatic heterocycles. The van der Waals surface area contributed by atoms with Crippen LogP contribution in [0.15, 0.2) is 64.4 Å². The highest BCUT2D eigenvalue weighted by Crippen LogP contribution is 2.35. The third kappa shape index (κ3) is 3.37. The highest BCUT2D eigenvalue weighted by molar-refractivity contribution is 7.98. The molecule has 1 aliphatic rings. The molecule has 1 fully saturated rings. The van der Waals surface area contributed by atoms with Crippen LogP contribution in [0.1, 0.15) is 11.5 Å². The van der Waals surface area contributed by atoms with E-state index in [4.69, 9.17) is 5.73 Å². The predicted octanol–water partition coefficient (Wildman–Crippen LogP) is 2.77. The summed E-state index contributed by atoms with van der Waals surface area (Å²) >= 11 is 1.60. The summed E-state index contributed by atoms with van der Waals surface area (Å²) in [5, 5.41) is 0. The van der Waals surface area contributed by atoms with Crippen molar-refractivity contribution in [1.29, 1.82) is 0 Å². The fourth-order valence-corrected chi connectivity index (χ4v) is 5.17. The fourth-order valence-electron chi connectivity index (χ4n) is 3.24. The molecule has 0 saturated carbocycles. The second kappa shape index (κ2) is 7.27. The molecule has 4 nitrogen and oxygen atoms in total. The number of thioether (sulfide) groups is 1. The first-order valence-corrected chi connectivity index (χ1v) is 10.6. The number of hydrogen-bond donors (Lipinski definition) is 1. The Labute approximate surface area is 148 Å². The van der Waals surface area contributed by atoms with Crippen molar-refractivity contribution in [3.63, 3.8) is 0 Å². The molecule has 0 amide bonds. The van der Waals surface area contributed by atoms with Crippen molar-refractivity contribution in [2.75, 3.05) is 25.9 Å². The second-order valence-electron chi connectivity index (χ2n) is 6.01. The summed E-state index contributed by atoms with van der Waals surface area (Å²) in [5.74, 6) is 0.295. The maximum atomic E-state index is 13.0. The minimum absolute atomic E-state index is 0.146. The number of hydrogen-bond acceptors (Lipinski definition) is 4. The summed E-state index contributed by atoms with van der Waals surface area (Å²) < 4.78 is 27.5. The molecule has 6 heteroatoms. The topological polar surface area (TPSA) is 63.4 Å². The van der Waals surface area contributed by atoms with Gasteiger partial charge in [-0.1, -0.05) is 30.3 Å². The average Bonchev–Trinajstić information content (AvgIpc) is 3.08. The van der Waals surface area contributed by atoms with E-state index in [1.54, 1.807) is 28.2 Å². The van der Waals surface area contributed by atoms with Crippen LogP contribution in [0.4, 0.5) is 0 Å². The predicted molar refractivity (Wildman–Crippen MR) is 98.7 cm³/mol. The van der Waals surface area contributed by atoms with Gasteiger partial charge < -0.3 is 5.73 Å². The van der Waals surface area contributed by atoms with Gasteiger partial charge >= 0.3 is 0 Å². The van der Waals surface area contributed by atoms with E-state index in [2.05, 4.69) is 12.1 Å². The van der Waals surface area contributed by atoms with E-state index in [-0.39, 0.29) is 11.8 Å². The van der Waals surface area contributed by atoms with E-state index < -0.39 is 10.0 Å². The van der Waals surface area contributed by atoms with E-state index in [1.165, 1.54) is 0 Å². The van der Waals surface area contributed by atoms with Gasteiger partial charge in [-0.2, -0.15) is 4.31 Å². The van der Waals surface area contributed by atoms with E-state index in [0.29, 0.717) is 24.5 Å². The van der Waals surface area contributed by atoms with Gasteiger partial charge in [-0.05, 0) is 48.5 Å². The van der Waals surface area contributed by atoms with Gasteiger partial charge in [0.05, 0.1) is 4.90 Å². The van der Waals surface area contributed by atoms with Gasteiger partial charge in [0, 0.05) is 23.9 Å². The molecule has 0 unspecified atom stereocenters. The van der Waals surface area contributed by atoms with E-state index in [9.17, 15) is 8.42 Å². The lowest BCUT2D eigenvalue weighted by atomic mass is 9.89. The third-order valence-corrected chi connectivity index (χ3v) is 7.22. The highest BCUT2D eigenvalue weighted by atomic mass is 32.2. The minimum Gasteiger partial charge on any atom is -0.330 e. The fraction of sp³-hybridized carbons (Fsp3) is 0.333. The zero-order chi connectivity index (χ0) is 17.2. The molecule has 0 spiro atoms. The van der Waals surface area contributed by atoms with E-state index in [0.717, 1.165) is 10.5 Å². The monoisotopic (exact) mass is 362 g/mol. The molecule has 1 heterocycles. The number of nitrogens with zero attached hydrogens (tertiary/aromatic N) is 1. The Kier molecular flexibility index (Phi) is 5.30. The standard InChI is InChI=1S/C18H22N2O2S2/c1-23-16-7-9-17(10-8-16)24(21,22)20-12-15(11-19)18(13-20)14-5-3-2-4-6-14/h2-10,15,18H,11-13,19H2,1H3/t15-,18+/m1/s1. The molecule has 2 N–H and O–H groups in total. The van der Waals surface area contributed by atoms with Gasteiger partial charge in [0.2, 0.25) is 10.0 Å². The molecule has 24 heavy (non-hydrogen) atoms. The molecule has 2 aromatic rings. The molecule has 3 rings (SSSR count). The van der Waals surface area contributed by atoms with Gasteiger partial charge in [0.1, 0.15) is 0 Å². The summed E-state index contributed by atoms with van der Waals surface area (Å²) in [5.41, 5.74) is 7.08. The van der Waals surface area contributed by atoms with Crippen LogP contribution >= 0.6 is 11.8 Å². The average molecular weight is 363 g/mol. The molecular formula is C18H22N2O2S2. The largest absolute Gasteiger partial charge is 0.330 e. The highest BCUT2D eigenvalue weighted by Gasteiger charge is 2.39. The molecule has 2 atom stereocenters. The Morgan fingerprint density at radius 1 is 1.08 bits per heavy atom. The van der Waals surface area contributed by atoms with E-state index in [1.807, 2.05) is 36.6 Å². The summed E-state index contributed by atoms with van der Waals surface area (Å²) in [6.45, 7) is 1.44. The van der Waals surface area contributed by atoms with Gasteiger partial charge in [-0.15, -0.1) is 11.8 Å². The quantitative estimate of drug-likeness (QED) is 0.831. The van der Waals surface area contributed by atoms with Gasteiger partial charge in [0.15, 0.2) is 0 Å². The summed E-state index contributed by atoms with van der Waals surface area (Å²) in [7, 11) is -3.48. The first-order valence-electron chi connectivity index (χ1n) is 7.95. The van der Waals surface area contributed by atoms with E-state index >= 15 is 0 Å². The van der Waals surface area contributed by atoms with Crippen LogP contribution in [0.5, 0.6) is 0 Å². The molecule has 2 aromatic carbocycles. The van der Waals surface area contributed by atoms with Crippen LogP contribution in [0, 0.1) is 5.92 Å². The van der Waals surface area contributed by atoms with Crippen LogP contribution < -0.4 is 5.73 Å². The normalized spacial score (nSPS) is 21.9. The Bertz CT molecular complexity index is 776. The lowest BCUT2D eigenvalue weighted by Gasteiger charge is -2.17. The van der Waals surface area contributed by atoms with Crippen LogP contribution in [0.25, 0.3) is 0 Å². The zero-order valence-electron chi connectivity index (χ0n) is 13.6. The second-order valence-corrected chi connectivity index (χ2v) is 8.83. The zero-order valence-corrected chi connectivity index (χ0v) is 15.3. The first kappa shape index (κ1) is 17.5. The minimum atomic E-state index is -3.48. The van der Waals surface area contributed by atoms with Crippen LogP contribution in [-0.2, 0) is 10.0 Å². The van der Waals surface area contributed by atoms with Crippen LogP contribution in [0.2, 0.25) is 0 Å². The van der Waals surface area contributed by atoms with Crippen molar-refractivity contribution in [2.45, 2.75) is 15.7 Å². The van der Waals surface area contributed by atoms with Crippen LogP contribution in [0.3, 0.4) is 0 Å². The lowest BCUT2D eigenvalue weighted by Crippen LogP contribution is -2.30. The Morgan fingerprint density at radius 2 is 1.75 bits per heavy atom. The maximum absolute atomic E-state index is 13.0. The lowest BCUT2D eigenvalue weighted by molar-refractivity contribution is 0.459. The molecule has 128 valence electrons. The van der Waals surface area contributed by atoms with Crippen LogP contribution in [-0.4, -0.2) is 38.6 Å². The SMILES string of the molecule is CSc1ccc(S(=O)(=O)N2C[C@@H](CN)[C@H](c3ccccc3)C2)cc1. The number of rotatable bonds is 5. The van der Waals surface area contributed by atoms with Gasteiger partial charge in [-0.3, -0.25) is 0 Å². The summed E-state index contributed by atoms with van der Waals surface area (Å²) in [6, 6.07) is 17.1. The van der Waals surface area contributed by atoms with Crippen molar-refractivity contribution in [3.05, 3.63) is 60.2 Å². The Hall–Kier alpha value is -1.34. The molecule has 0 aliphatic carbocycles. The smallest absolute Gasteiger partial charge is 0.243 e. The van der Waals surface area contributed by atoms with Crippen molar-refractivity contribution in [3.8, 4) is 0 Å². The maximum Gasteiger partial charge on any atom is 0.243 e. The molecular weight excluding hydrogens is 340 g/mol. The van der Waals surface area contributed by atoms with Gasteiger partial charge in [-0.25, -0.2) is 8.42 Å². The van der Waals surface area contributed by atoms with Crippen molar-refractivity contribution in [2.24, 2.45) is 11.7 Å². The van der Waals surface area contributed by atoms with Crippen molar-refractivity contribution < 1.29 is 8.42 Å². The molecule has 0 aromatic heterocycles. The first-order chi connectivity index (χ1) is 11.6. The molecule has 0 radical (unpaired) electrons. The number of sulfonamides is 1. The number of benzene rings is 2. The summed E-state index contributed by atoms with van der Waals surface area (Å²) in [4.78, 5) is 1.40. The van der Waals surface area contributed by atoms with Crippen molar-refractivity contribution >= 4 is 21.8 Å².